The van der Waals surface area contributed by atoms with Crippen LogP contribution in [0.5, 0.6) is 0 Å². The largest absolute Gasteiger partial charge is 0.309 e. The Labute approximate surface area is 117 Å². The third-order valence-corrected chi connectivity index (χ3v) is 3.86. The molecule has 1 N–H and O–H groups in total. The molecule has 2 heterocycles. The van der Waals surface area contributed by atoms with Crippen molar-refractivity contribution in [1.29, 1.82) is 0 Å². The van der Waals surface area contributed by atoms with Crippen molar-refractivity contribution in [3.63, 3.8) is 0 Å². The van der Waals surface area contributed by atoms with Crippen LogP contribution in [0.15, 0.2) is 47.2 Å². The summed E-state index contributed by atoms with van der Waals surface area (Å²) in [6.07, 6.45) is 0. The lowest BCUT2D eigenvalue weighted by Gasteiger charge is -2.05. The van der Waals surface area contributed by atoms with Gasteiger partial charge in [0.1, 0.15) is 0 Å². The van der Waals surface area contributed by atoms with Gasteiger partial charge in [-0.25, -0.2) is 0 Å². The second-order valence-electron chi connectivity index (χ2n) is 4.71. The van der Waals surface area contributed by atoms with Crippen molar-refractivity contribution in [2.45, 2.75) is 20.0 Å². The number of rotatable bonds is 4. The molecule has 0 unspecified atom stereocenters. The van der Waals surface area contributed by atoms with Crippen LogP contribution in [-0.2, 0) is 13.1 Å². The number of hydrogen-bond donors (Lipinski definition) is 1. The minimum atomic E-state index is 0.889. The monoisotopic (exact) mass is 268 g/mol. The highest BCUT2D eigenvalue weighted by molar-refractivity contribution is 7.07. The lowest BCUT2D eigenvalue weighted by atomic mass is 10.1. The molecule has 2 aromatic heterocycles. The Bertz CT molecular complexity index is 674. The van der Waals surface area contributed by atoms with Gasteiger partial charge in [0, 0.05) is 24.2 Å². The molecule has 3 rings (SSSR count). The van der Waals surface area contributed by atoms with E-state index in [2.05, 4.69) is 57.5 Å². The molecule has 3 heteroatoms. The summed E-state index contributed by atoms with van der Waals surface area (Å²) in [7, 11) is 0. The van der Waals surface area contributed by atoms with Crippen molar-refractivity contribution < 1.29 is 0 Å². The fraction of sp³-hybridized carbons (Fsp3) is 0.188. The maximum absolute atomic E-state index is 4.52. The van der Waals surface area contributed by atoms with Gasteiger partial charge in [-0.05, 0) is 53.1 Å². The van der Waals surface area contributed by atoms with Crippen LogP contribution in [0.1, 0.15) is 16.8 Å². The highest BCUT2D eigenvalue weighted by Gasteiger charge is 1.99. The Morgan fingerprint density at radius 3 is 2.79 bits per heavy atom. The van der Waals surface area contributed by atoms with Gasteiger partial charge in [0.05, 0.1) is 5.52 Å². The molecule has 0 fully saturated rings. The predicted molar refractivity (Wildman–Crippen MR) is 81.3 cm³/mol. The number of nitrogens with one attached hydrogen (secondary N) is 1. The molecule has 0 aliphatic heterocycles. The summed E-state index contributed by atoms with van der Waals surface area (Å²) in [4.78, 5) is 4.52. The van der Waals surface area contributed by atoms with Gasteiger partial charge < -0.3 is 5.32 Å². The van der Waals surface area contributed by atoms with Crippen LogP contribution in [-0.4, -0.2) is 4.98 Å². The van der Waals surface area contributed by atoms with E-state index in [4.69, 9.17) is 0 Å². The van der Waals surface area contributed by atoms with E-state index >= 15 is 0 Å². The van der Waals surface area contributed by atoms with Crippen LogP contribution in [0.2, 0.25) is 0 Å². The summed E-state index contributed by atoms with van der Waals surface area (Å²) < 4.78 is 0. The molecule has 0 spiro atoms. The van der Waals surface area contributed by atoms with Crippen LogP contribution in [0.4, 0.5) is 0 Å². The summed E-state index contributed by atoms with van der Waals surface area (Å²) >= 11 is 1.74. The molecule has 3 aromatic rings. The number of aromatic nitrogens is 1. The van der Waals surface area contributed by atoms with E-state index in [0.717, 1.165) is 24.3 Å². The first-order valence-electron chi connectivity index (χ1n) is 6.39. The second kappa shape index (κ2) is 5.51. The van der Waals surface area contributed by atoms with Gasteiger partial charge >= 0.3 is 0 Å². The molecule has 0 radical (unpaired) electrons. The van der Waals surface area contributed by atoms with Crippen molar-refractivity contribution in [1.82, 2.24) is 10.3 Å². The van der Waals surface area contributed by atoms with Crippen molar-refractivity contribution in [2.24, 2.45) is 0 Å². The third-order valence-electron chi connectivity index (χ3n) is 3.13. The molecule has 0 atom stereocenters. The number of fused-ring (bicyclic) bond motifs is 1. The van der Waals surface area contributed by atoms with Crippen LogP contribution in [0.3, 0.4) is 0 Å². The van der Waals surface area contributed by atoms with Gasteiger partial charge in [0.2, 0.25) is 0 Å². The Morgan fingerprint density at radius 2 is 1.95 bits per heavy atom. The van der Waals surface area contributed by atoms with Crippen LogP contribution < -0.4 is 5.32 Å². The molecule has 0 bridgehead atoms. The number of hydrogen-bond acceptors (Lipinski definition) is 3. The predicted octanol–water partition coefficient (Wildman–Crippen LogP) is 3.89. The number of aryl methyl sites for hydroxylation is 1. The molecule has 2 nitrogen and oxygen atoms in total. The SMILES string of the molecule is Cc1ccc2cc(CNCc3ccsc3)ccc2n1. The van der Waals surface area contributed by atoms with E-state index < -0.39 is 0 Å². The summed E-state index contributed by atoms with van der Waals surface area (Å²) in [5.74, 6) is 0. The van der Waals surface area contributed by atoms with Crippen LogP contribution in [0.25, 0.3) is 10.9 Å². The zero-order chi connectivity index (χ0) is 13.1. The topological polar surface area (TPSA) is 24.9 Å². The third kappa shape index (κ3) is 3.00. The summed E-state index contributed by atoms with van der Waals surface area (Å²) in [6, 6.07) is 12.8. The first kappa shape index (κ1) is 12.3. The fourth-order valence-electron chi connectivity index (χ4n) is 2.13. The van der Waals surface area contributed by atoms with E-state index in [-0.39, 0.29) is 0 Å². The molecule has 0 saturated heterocycles. The van der Waals surface area contributed by atoms with E-state index in [9.17, 15) is 0 Å². The minimum Gasteiger partial charge on any atom is -0.309 e. The molecule has 0 aliphatic rings. The van der Waals surface area contributed by atoms with Crippen molar-refractivity contribution in [3.05, 3.63) is 64.0 Å². The van der Waals surface area contributed by atoms with E-state index in [1.54, 1.807) is 11.3 Å². The van der Waals surface area contributed by atoms with Gasteiger partial charge in [-0.1, -0.05) is 12.1 Å². The molecule has 96 valence electrons. The van der Waals surface area contributed by atoms with Crippen LogP contribution in [0, 0.1) is 6.92 Å². The Balaban J connectivity index is 1.69. The normalized spacial score (nSPS) is 11.0. The molecular formula is C16H16N2S. The Hall–Kier alpha value is -1.71. The van der Waals surface area contributed by atoms with E-state index in [0.29, 0.717) is 0 Å². The fourth-order valence-corrected chi connectivity index (χ4v) is 2.80. The molecule has 0 amide bonds. The Morgan fingerprint density at radius 1 is 1.05 bits per heavy atom. The summed E-state index contributed by atoms with van der Waals surface area (Å²) in [5.41, 5.74) is 4.79. The quantitative estimate of drug-likeness (QED) is 0.776. The lowest BCUT2D eigenvalue weighted by molar-refractivity contribution is 0.695. The minimum absolute atomic E-state index is 0.889. The first-order valence-corrected chi connectivity index (χ1v) is 7.34. The van der Waals surface area contributed by atoms with Crippen molar-refractivity contribution in [2.75, 3.05) is 0 Å². The van der Waals surface area contributed by atoms with Gasteiger partial charge in [-0.3, -0.25) is 4.98 Å². The number of nitrogens with zero attached hydrogens (tertiary/aromatic N) is 1. The number of pyridine rings is 1. The molecule has 0 saturated carbocycles. The summed E-state index contributed by atoms with van der Waals surface area (Å²) in [5, 5.41) is 8.97. The molecule has 0 aliphatic carbocycles. The Kier molecular flexibility index (Phi) is 3.58. The molecule has 19 heavy (non-hydrogen) atoms. The standard InChI is InChI=1S/C16H16N2S/c1-12-2-4-15-8-13(3-5-16(15)18-12)9-17-10-14-6-7-19-11-14/h2-8,11,17H,9-10H2,1H3. The highest BCUT2D eigenvalue weighted by Crippen LogP contribution is 2.15. The lowest BCUT2D eigenvalue weighted by Crippen LogP contribution is -2.11. The maximum atomic E-state index is 4.52. The molecular weight excluding hydrogens is 252 g/mol. The van der Waals surface area contributed by atoms with Crippen molar-refractivity contribution >= 4 is 22.2 Å². The van der Waals surface area contributed by atoms with Gasteiger partial charge in [0.25, 0.3) is 0 Å². The zero-order valence-corrected chi connectivity index (χ0v) is 11.7. The van der Waals surface area contributed by atoms with E-state index in [1.165, 1.54) is 16.5 Å². The van der Waals surface area contributed by atoms with Crippen molar-refractivity contribution in [3.8, 4) is 0 Å². The average Bonchev–Trinajstić information content (AvgIpc) is 2.92. The molecule has 1 aromatic carbocycles. The highest BCUT2D eigenvalue weighted by atomic mass is 32.1. The van der Waals surface area contributed by atoms with E-state index in [1.807, 2.05) is 6.92 Å². The van der Waals surface area contributed by atoms with Gasteiger partial charge in [-0.2, -0.15) is 11.3 Å². The van der Waals surface area contributed by atoms with Crippen LogP contribution >= 0.6 is 11.3 Å². The number of thiophene rings is 1. The first-order chi connectivity index (χ1) is 9.31. The zero-order valence-electron chi connectivity index (χ0n) is 10.9. The smallest absolute Gasteiger partial charge is 0.0705 e. The summed E-state index contributed by atoms with van der Waals surface area (Å²) in [6.45, 7) is 3.84. The number of benzene rings is 1. The van der Waals surface area contributed by atoms with Gasteiger partial charge in [-0.15, -0.1) is 0 Å². The average molecular weight is 268 g/mol. The maximum Gasteiger partial charge on any atom is 0.0705 e. The second-order valence-corrected chi connectivity index (χ2v) is 5.49. The van der Waals surface area contributed by atoms with Gasteiger partial charge in [0.15, 0.2) is 0 Å².